The topological polar surface area (TPSA) is 86.7 Å². The minimum atomic E-state index is -1.79. The van der Waals surface area contributed by atoms with Gasteiger partial charge in [0, 0.05) is 10.7 Å². The second-order valence-corrected chi connectivity index (χ2v) is 5.84. The molecule has 0 aliphatic carbocycles. The van der Waals surface area contributed by atoms with Crippen molar-refractivity contribution >= 4 is 59.9 Å². The summed E-state index contributed by atoms with van der Waals surface area (Å²) < 4.78 is 5.40. The predicted molar refractivity (Wildman–Crippen MR) is 115 cm³/mol. The molecule has 1 atom stereocenters. The van der Waals surface area contributed by atoms with Gasteiger partial charge in [-0.2, -0.15) is 5.26 Å². The summed E-state index contributed by atoms with van der Waals surface area (Å²) in [5.74, 6) is -0.246. The molecule has 2 aromatic rings. The number of halogens is 2. The van der Waals surface area contributed by atoms with E-state index in [9.17, 15) is 9.90 Å². The molecule has 0 heterocycles. The zero-order valence-corrected chi connectivity index (χ0v) is 17.8. The first kappa shape index (κ1) is 23.1. The highest BCUT2D eigenvalue weighted by molar-refractivity contribution is 14.2. The maximum Gasteiger partial charge on any atom is 0.259 e. The van der Waals surface area contributed by atoms with Crippen molar-refractivity contribution in [2.75, 3.05) is 11.9 Å². The zero-order chi connectivity index (χ0) is 20.4. The van der Waals surface area contributed by atoms with E-state index in [4.69, 9.17) is 28.2 Å². The molecule has 0 radical (unpaired) electrons. The first-order chi connectivity index (χ1) is 12.9. The second-order valence-electron chi connectivity index (χ2n) is 5.43. The van der Waals surface area contributed by atoms with Crippen LogP contribution in [0.25, 0.3) is 4.85 Å². The molecule has 0 aromatic heterocycles. The largest absolute Gasteiger partial charge is 0.713 e. The number of aliphatic hydroxyl groups is 1. The highest BCUT2D eigenvalue weighted by Gasteiger charge is 2.31. The van der Waals surface area contributed by atoms with E-state index in [2.05, 4.69) is 20.0 Å². The van der Waals surface area contributed by atoms with Crippen molar-refractivity contribution in [1.82, 2.24) is 0 Å². The van der Waals surface area contributed by atoms with Crippen LogP contribution in [0.2, 0.25) is 5.02 Å². The number of rotatable bonds is 5. The van der Waals surface area contributed by atoms with Crippen molar-refractivity contribution in [3.8, 4) is 11.8 Å². The van der Waals surface area contributed by atoms with Gasteiger partial charge in [-0.3, -0.25) is 26.0 Å². The first-order valence-corrected chi connectivity index (χ1v) is 10.7. The van der Waals surface area contributed by atoms with Crippen LogP contribution in [0.3, 0.4) is 0 Å². The molecule has 27 heavy (non-hydrogen) atoms. The Bertz CT molecular complexity index is 877. The zero-order valence-electron chi connectivity index (χ0n) is 14.1. The number of ether oxygens (including phenoxy) is 1. The summed E-state index contributed by atoms with van der Waals surface area (Å²) in [6, 6.07) is 12.7. The van der Waals surface area contributed by atoms with E-state index in [1.54, 1.807) is 45.5 Å². The van der Waals surface area contributed by atoms with Crippen LogP contribution in [0.1, 0.15) is 12.5 Å². The maximum absolute atomic E-state index is 12.2. The molecular formula is C18H14ClIN3O3S-. The molecule has 0 aliphatic heterocycles. The first-order valence-electron chi connectivity index (χ1n) is 7.35. The third-order valence-electron chi connectivity index (χ3n) is 3.32. The lowest BCUT2D eigenvalue weighted by Gasteiger charge is -2.22. The smallest absolute Gasteiger partial charge is 0.259 e. The van der Waals surface area contributed by atoms with Gasteiger partial charge in [0.05, 0.1) is 18.2 Å². The fraction of sp³-hybridized carbons (Fsp3) is 0.167. The molecule has 2 rings (SSSR count). The number of hydrogen-bond donors (Lipinski definition) is 2. The van der Waals surface area contributed by atoms with Crippen molar-refractivity contribution in [2.45, 2.75) is 12.5 Å². The number of nitriles is 1. The number of hydrogen-bond acceptors (Lipinski definition) is 5. The Morgan fingerprint density at radius 1 is 1.41 bits per heavy atom. The van der Waals surface area contributed by atoms with E-state index < -0.39 is 11.5 Å². The lowest BCUT2D eigenvalue weighted by atomic mass is 10.1. The van der Waals surface area contributed by atoms with Crippen LogP contribution in [0, 0.1) is 17.9 Å². The normalized spacial score (nSPS) is 11.7. The number of amides is 1. The fourth-order valence-electron chi connectivity index (χ4n) is 1.86. The summed E-state index contributed by atoms with van der Waals surface area (Å²) in [5.41, 5.74) is -0.674. The third-order valence-corrected chi connectivity index (χ3v) is 3.62. The fourth-order valence-corrected chi connectivity index (χ4v) is 2.08. The van der Waals surface area contributed by atoms with Gasteiger partial charge >= 0.3 is 0 Å². The summed E-state index contributed by atoms with van der Waals surface area (Å²) in [4.78, 5) is 15.5. The number of anilines is 1. The van der Waals surface area contributed by atoms with Crippen LogP contribution >= 0.6 is 32.8 Å². The Morgan fingerprint density at radius 3 is 2.56 bits per heavy atom. The molecular weight excluding hydrogens is 501 g/mol. The average molecular weight is 515 g/mol. The Morgan fingerprint density at radius 2 is 2.04 bits per heavy atom. The van der Waals surface area contributed by atoms with Gasteiger partial charge in [0.1, 0.15) is 12.4 Å². The highest BCUT2D eigenvalue weighted by Crippen LogP contribution is 2.28. The van der Waals surface area contributed by atoms with Gasteiger partial charge < -0.3 is 25.0 Å². The monoisotopic (exact) mass is 514 g/mol. The molecule has 9 heteroatoms. The molecule has 0 spiro atoms. The second kappa shape index (κ2) is 11.0. The Hall–Kier alpha value is -1.98. The minimum absolute atomic E-state index is 0.210. The van der Waals surface area contributed by atoms with Crippen molar-refractivity contribution in [3.63, 3.8) is 0 Å². The molecule has 2 N–H and O–H groups in total. The van der Waals surface area contributed by atoms with E-state index in [0.717, 1.165) is 0 Å². The van der Waals surface area contributed by atoms with Gasteiger partial charge in [-0.1, -0.05) is 17.7 Å². The number of nitrogens with one attached hydrogen (secondary N) is 1. The van der Waals surface area contributed by atoms with Crippen LogP contribution in [0.15, 0.2) is 42.5 Å². The average Bonchev–Trinajstić information content (AvgIpc) is 2.68. The lowest BCUT2D eigenvalue weighted by molar-refractivity contribution is -0.135. The Kier molecular flexibility index (Phi) is 9.39. The maximum atomic E-state index is 12.2. The van der Waals surface area contributed by atoms with Gasteiger partial charge in [0.15, 0.2) is 5.60 Å². The van der Waals surface area contributed by atoms with E-state index in [0.29, 0.717) is 17.0 Å². The molecule has 0 saturated heterocycles. The number of benzene rings is 2. The van der Waals surface area contributed by atoms with Crippen molar-refractivity contribution in [1.29, 1.82) is 5.26 Å². The van der Waals surface area contributed by atoms with Crippen LogP contribution in [0.5, 0.6) is 5.75 Å². The molecule has 0 fully saturated rings. The standard InChI is InChI=1S/C18H14ClN3O3.IS/c1-18(24,11-25-14-6-3-12(10-20)4-7-14)17(23)22-13-5-8-16(21-2)15(19)9-13;1-2/h3-9,24H,11H2,1H3,(H,22,23);/q;-1/t18-;/m0./s1. The van der Waals surface area contributed by atoms with E-state index in [1.807, 2.05) is 6.07 Å². The van der Waals surface area contributed by atoms with Gasteiger partial charge in [-0.25, -0.2) is 4.85 Å². The molecule has 1 amide bonds. The van der Waals surface area contributed by atoms with E-state index >= 15 is 0 Å². The number of carbonyl (C=O) groups excluding carboxylic acids is 1. The molecule has 0 bridgehead atoms. The quantitative estimate of drug-likeness (QED) is 0.351. The predicted octanol–water partition coefficient (Wildman–Crippen LogP) is 4.41. The Labute approximate surface area is 179 Å². The Balaban J connectivity index is 0.00000176. The SMILES string of the molecule is [C-]#[N+]c1ccc(NC(=O)[C@@](C)(O)COc2ccc(C#N)cc2)cc1Cl.[S-]I. The van der Waals surface area contributed by atoms with Gasteiger partial charge in [-0.05, 0) is 43.3 Å². The summed E-state index contributed by atoms with van der Waals surface area (Å²) in [6.45, 7) is 7.98. The van der Waals surface area contributed by atoms with Gasteiger partial charge in [-0.15, -0.1) is 0 Å². The summed E-state index contributed by atoms with van der Waals surface area (Å²) >= 11 is 7.65. The van der Waals surface area contributed by atoms with Crippen molar-refractivity contribution in [3.05, 3.63) is 64.5 Å². The number of carbonyl (C=O) groups is 1. The molecule has 140 valence electrons. The molecule has 0 aliphatic rings. The molecule has 6 nitrogen and oxygen atoms in total. The number of nitrogens with zero attached hydrogens (tertiary/aromatic N) is 2. The van der Waals surface area contributed by atoms with Crippen LogP contribution in [-0.2, 0) is 14.6 Å². The third kappa shape index (κ3) is 6.92. The molecule has 0 unspecified atom stereocenters. The van der Waals surface area contributed by atoms with Crippen molar-refractivity contribution in [2.24, 2.45) is 0 Å². The lowest BCUT2D eigenvalue weighted by Crippen LogP contribution is -2.45. The van der Waals surface area contributed by atoms with Crippen molar-refractivity contribution < 1.29 is 14.6 Å². The van der Waals surface area contributed by atoms with E-state index in [1.165, 1.54) is 25.1 Å². The molecule has 2 aromatic carbocycles. The van der Waals surface area contributed by atoms with E-state index in [-0.39, 0.29) is 17.3 Å². The van der Waals surface area contributed by atoms with Gasteiger partial charge in [0.2, 0.25) is 5.69 Å². The highest BCUT2D eigenvalue weighted by atomic mass is 127. The van der Waals surface area contributed by atoms with Crippen LogP contribution in [0.4, 0.5) is 11.4 Å². The summed E-state index contributed by atoms with van der Waals surface area (Å²) in [5, 5.41) is 21.8. The summed E-state index contributed by atoms with van der Waals surface area (Å²) in [7, 11) is 4.05. The molecule has 0 saturated carbocycles. The minimum Gasteiger partial charge on any atom is -0.713 e. The van der Waals surface area contributed by atoms with Crippen LogP contribution in [-0.4, -0.2) is 23.2 Å². The summed E-state index contributed by atoms with van der Waals surface area (Å²) in [6.07, 6.45) is 0. The van der Waals surface area contributed by atoms with Gasteiger partial charge in [0.25, 0.3) is 5.91 Å². The van der Waals surface area contributed by atoms with Crippen LogP contribution < -0.4 is 10.1 Å².